The molecule has 0 aromatic carbocycles. The lowest BCUT2D eigenvalue weighted by Crippen LogP contribution is -2.22. The molecule has 19 heavy (non-hydrogen) atoms. The summed E-state index contributed by atoms with van der Waals surface area (Å²) < 4.78 is 0. The van der Waals surface area contributed by atoms with E-state index in [9.17, 15) is 0 Å². The molecule has 0 aliphatic rings. The van der Waals surface area contributed by atoms with Crippen molar-refractivity contribution in [3.05, 3.63) is 22.8 Å². The number of nitrogens with one attached hydrogen (secondary N) is 1. The molecule has 108 valence electrons. The van der Waals surface area contributed by atoms with Crippen LogP contribution in [-0.4, -0.2) is 23.1 Å². The summed E-state index contributed by atoms with van der Waals surface area (Å²) in [5, 5.41) is 3.48. The highest BCUT2D eigenvalue weighted by Gasteiger charge is 2.14. The Morgan fingerprint density at radius 2 is 1.68 bits per heavy atom. The summed E-state index contributed by atoms with van der Waals surface area (Å²) in [6.07, 6.45) is 4.55. The first-order chi connectivity index (χ1) is 9.10. The minimum atomic E-state index is 0.478. The Morgan fingerprint density at radius 1 is 1.05 bits per heavy atom. The Morgan fingerprint density at radius 3 is 2.21 bits per heavy atom. The van der Waals surface area contributed by atoms with Crippen molar-refractivity contribution in [2.45, 2.75) is 66.2 Å². The zero-order chi connectivity index (χ0) is 14.3. The summed E-state index contributed by atoms with van der Waals surface area (Å²) in [7, 11) is 0. The molecular weight excluding hydrogens is 234 g/mol. The number of aryl methyl sites for hydroxylation is 3. The van der Waals surface area contributed by atoms with E-state index in [4.69, 9.17) is 0 Å². The molecule has 0 aliphatic carbocycles. The highest BCUT2D eigenvalue weighted by molar-refractivity contribution is 5.28. The smallest absolute Gasteiger partial charge is 0.128 e. The summed E-state index contributed by atoms with van der Waals surface area (Å²) in [5.41, 5.74) is 3.64. The quantitative estimate of drug-likeness (QED) is 0.729. The van der Waals surface area contributed by atoms with Gasteiger partial charge in [-0.25, -0.2) is 9.97 Å². The average molecular weight is 263 g/mol. The predicted octanol–water partition coefficient (Wildman–Crippen LogP) is 3.54. The first kappa shape index (κ1) is 16.1. The summed E-state index contributed by atoms with van der Waals surface area (Å²) in [6.45, 7) is 13.0. The summed E-state index contributed by atoms with van der Waals surface area (Å²) in [6, 6.07) is 0. The number of hydrogen-bond donors (Lipinski definition) is 1. The first-order valence-electron chi connectivity index (χ1n) is 7.64. The van der Waals surface area contributed by atoms with Crippen LogP contribution >= 0.6 is 0 Å². The van der Waals surface area contributed by atoms with Gasteiger partial charge in [0.1, 0.15) is 5.82 Å². The summed E-state index contributed by atoms with van der Waals surface area (Å²) in [5.74, 6) is 1.49. The Balaban J connectivity index is 2.78. The highest BCUT2D eigenvalue weighted by Crippen LogP contribution is 2.21. The van der Waals surface area contributed by atoms with Crippen LogP contribution in [0.5, 0.6) is 0 Å². The van der Waals surface area contributed by atoms with Crippen molar-refractivity contribution in [1.82, 2.24) is 15.3 Å². The van der Waals surface area contributed by atoms with Crippen molar-refractivity contribution < 1.29 is 0 Å². The molecule has 0 amide bonds. The molecule has 1 unspecified atom stereocenters. The Labute approximate surface area is 118 Å². The van der Waals surface area contributed by atoms with E-state index in [0.717, 1.165) is 36.7 Å². The standard InChI is InChI=1S/C16H29N3/c1-6-8-9-15-18-13(4)16(14(5)19-15)12(3)11-17-10-7-2/h12,17H,6-11H2,1-5H3. The monoisotopic (exact) mass is 263 g/mol. The predicted molar refractivity (Wildman–Crippen MR) is 81.7 cm³/mol. The Kier molecular flexibility index (Phi) is 7.00. The lowest BCUT2D eigenvalue weighted by Gasteiger charge is -2.18. The Bertz CT molecular complexity index is 365. The van der Waals surface area contributed by atoms with Gasteiger partial charge in [-0.05, 0) is 44.7 Å². The molecule has 0 bridgehead atoms. The van der Waals surface area contributed by atoms with Crippen LogP contribution in [0.15, 0.2) is 0 Å². The Hall–Kier alpha value is -0.960. The summed E-state index contributed by atoms with van der Waals surface area (Å²) in [4.78, 5) is 9.36. The number of hydrogen-bond acceptors (Lipinski definition) is 3. The molecule has 0 radical (unpaired) electrons. The van der Waals surface area contributed by atoms with Crippen LogP contribution in [0.2, 0.25) is 0 Å². The van der Waals surface area contributed by atoms with Crippen molar-refractivity contribution in [2.24, 2.45) is 0 Å². The van der Waals surface area contributed by atoms with Gasteiger partial charge >= 0.3 is 0 Å². The van der Waals surface area contributed by atoms with Crippen molar-refractivity contribution in [3.8, 4) is 0 Å². The lowest BCUT2D eigenvalue weighted by atomic mass is 9.97. The van der Waals surface area contributed by atoms with E-state index in [1.54, 1.807) is 0 Å². The zero-order valence-corrected chi connectivity index (χ0v) is 13.2. The fraction of sp³-hybridized carbons (Fsp3) is 0.750. The average Bonchev–Trinajstić information content (AvgIpc) is 2.36. The molecule has 0 saturated heterocycles. The molecular formula is C16H29N3. The largest absolute Gasteiger partial charge is 0.316 e. The first-order valence-corrected chi connectivity index (χ1v) is 7.64. The van der Waals surface area contributed by atoms with Gasteiger partial charge < -0.3 is 5.32 Å². The minimum absolute atomic E-state index is 0.478. The SMILES string of the molecule is CCCCc1nc(C)c(C(C)CNCCC)c(C)n1. The molecule has 1 rings (SSSR count). The molecule has 0 spiro atoms. The third-order valence-corrected chi connectivity index (χ3v) is 3.50. The van der Waals surface area contributed by atoms with E-state index < -0.39 is 0 Å². The zero-order valence-electron chi connectivity index (χ0n) is 13.2. The van der Waals surface area contributed by atoms with Crippen LogP contribution in [0.1, 0.15) is 68.7 Å². The van der Waals surface area contributed by atoms with E-state index in [1.807, 2.05) is 0 Å². The van der Waals surface area contributed by atoms with Gasteiger partial charge in [0.25, 0.3) is 0 Å². The van der Waals surface area contributed by atoms with Crippen molar-refractivity contribution in [3.63, 3.8) is 0 Å². The number of nitrogens with zero attached hydrogens (tertiary/aromatic N) is 2. The molecule has 0 fully saturated rings. The van der Waals surface area contributed by atoms with Gasteiger partial charge in [-0.3, -0.25) is 0 Å². The van der Waals surface area contributed by atoms with E-state index >= 15 is 0 Å². The molecule has 3 nitrogen and oxygen atoms in total. The maximum absolute atomic E-state index is 4.68. The third-order valence-electron chi connectivity index (χ3n) is 3.50. The van der Waals surface area contributed by atoms with Gasteiger partial charge in [-0.1, -0.05) is 27.2 Å². The van der Waals surface area contributed by atoms with Crippen molar-refractivity contribution in [2.75, 3.05) is 13.1 Å². The highest BCUT2D eigenvalue weighted by atomic mass is 14.9. The topological polar surface area (TPSA) is 37.8 Å². The second-order valence-electron chi connectivity index (χ2n) is 5.43. The fourth-order valence-electron chi connectivity index (χ4n) is 2.55. The van der Waals surface area contributed by atoms with Crippen LogP contribution in [0.3, 0.4) is 0 Å². The van der Waals surface area contributed by atoms with Crippen molar-refractivity contribution >= 4 is 0 Å². The molecule has 1 atom stereocenters. The van der Waals surface area contributed by atoms with Gasteiger partial charge in [0.15, 0.2) is 0 Å². The minimum Gasteiger partial charge on any atom is -0.316 e. The number of unbranched alkanes of at least 4 members (excludes halogenated alkanes) is 1. The maximum atomic E-state index is 4.68. The number of aromatic nitrogens is 2. The van der Waals surface area contributed by atoms with Crippen LogP contribution in [0.4, 0.5) is 0 Å². The van der Waals surface area contributed by atoms with E-state index in [1.165, 1.54) is 24.8 Å². The van der Waals surface area contributed by atoms with E-state index in [-0.39, 0.29) is 0 Å². The van der Waals surface area contributed by atoms with Crippen LogP contribution < -0.4 is 5.32 Å². The van der Waals surface area contributed by atoms with E-state index in [0.29, 0.717) is 5.92 Å². The third kappa shape index (κ3) is 4.90. The molecule has 1 N–H and O–H groups in total. The number of rotatable bonds is 8. The second kappa shape index (κ2) is 8.26. The molecule has 1 heterocycles. The normalized spacial score (nSPS) is 12.7. The van der Waals surface area contributed by atoms with Gasteiger partial charge in [0.2, 0.25) is 0 Å². The van der Waals surface area contributed by atoms with Gasteiger partial charge in [-0.2, -0.15) is 0 Å². The van der Waals surface area contributed by atoms with Crippen LogP contribution in [-0.2, 0) is 6.42 Å². The molecule has 1 aromatic rings. The van der Waals surface area contributed by atoms with Gasteiger partial charge in [0.05, 0.1) is 0 Å². The summed E-state index contributed by atoms with van der Waals surface area (Å²) >= 11 is 0. The fourth-order valence-corrected chi connectivity index (χ4v) is 2.55. The van der Waals surface area contributed by atoms with Crippen molar-refractivity contribution in [1.29, 1.82) is 0 Å². The maximum Gasteiger partial charge on any atom is 0.128 e. The van der Waals surface area contributed by atoms with Gasteiger partial charge in [-0.15, -0.1) is 0 Å². The second-order valence-corrected chi connectivity index (χ2v) is 5.43. The van der Waals surface area contributed by atoms with E-state index in [2.05, 4.69) is 49.9 Å². The lowest BCUT2D eigenvalue weighted by molar-refractivity contribution is 0.598. The van der Waals surface area contributed by atoms with Crippen LogP contribution in [0.25, 0.3) is 0 Å². The molecule has 0 saturated carbocycles. The van der Waals surface area contributed by atoms with Crippen LogP contribution in [0, 0.1) is 13.8 Å². The molecule has 0 aliphatic heterocycles. The van der Waals surface area contributed by atoms with Gasteiger partial charge in [0, 0.05) is 24.4 Å². The molecule has 3 heteroatoms. The molecule has 1 aromatic heterocycles.